The van der Waals surface area contributed by atoms with Crippen molar-refractivity contribution in [3.8, 4) is 0 Å². The van der Waals surface area contributed by atoms with Gasteiger partial charge >= 0.3 is 0 Å². The van der Waals surface area contributed by atoms with E-state index in [0.29, 0.717) is 13.1 Å². The Hall–Kier alpha value is -2.35. The second kappa shape index (κ2) is 11.5. The van der Waals surface area contributed by atoms with Gasteiger partial charge in [0, 0.05) is 59.6 Å². The molecule has 2 fully saturated rings. The van der Waals surface area contributed by atoms with Gasteiger partial charge in [-0.2, -0.15) is 0 Å². The average Bonchev–Trinajstić information content (AvgIpc) is 3.30. The zero-order chi connectivity index (χ0) is 23.0. The van der Waals surface area contributed by atoms with Crippen LogP contribution in [0.3, 0.4) is 0 Å². The number of anilines is 1. The summed E-state index contributed by atoms with van der Waals surface area (Å²) in [6.45, 7) is 11.6. The maximum Gasteiger partial charge on any atom is 0.230 e. The van der Waals surface area contributed by atoms with Crippen molar-refractivity contribution in [2.24, 2.45) is 10.4 Å². The molecule has 0 bridgehead atoms. The fraction of sp³-hybridized carbons (Fsp3) is 0.708. The molecule has 2 aliphatic rings. The van der Waals surface area contributed by atoms with Crippen molar-refractivity contribution >= 4 is 17.7 Å². The van der Waals surface area contributed by atoms with E-state index in [1.165, 1.54) is 0 Å². The van der Waals surface area contributed by atoms with Gasteiger partial charge in [0.25, 0.3) is 0 Å². The van der Waals surface area contributed by atoms with Crippen LogP contribution >= 0.6 is 0 Å². The number of hydrogen-bond donors (Lipinski definition) is 2. The summed E-state index contributed by atoms with van der Waals surface area (Å²) in [5, 5.41) is 6.79. The minimum atomic E-state index is -0.315. The van der Waals surface area contributed by atoms with Crippen LogP contribution in [0.1, 0.15) is 45.1 Å². The Bertz CT molecular complexity index is 765. The van der Waals surface area contributed by atoms with Crippen LogP contribution in [0, 0.1) is 5.41 Å². The maximum absolute atomic E-state index is 12.9. The van der Waals surface area contributed by atoms with Crippen molar-refractivity contribution in [3.63, 3.8) is 0 Å². The van der Waals surface area contributed by atoms with E-state index in [-0.39, 0.29) is 11.3 Å². The van der Waals surface area contributed by atoms with Crippen LogP contribution in [-0.4, -0.2) is 86.6 Å². The number of guanidine groups is 1. The minimum absolute atomic E-state index is 0.222. The molecule has 0 atom stereocenters. The minimum Gasteiger partial charge on any atom is -0.357 e. The molecule has 1 aromatic rings. The lowest BCUT2D eigenvalue weighted by Crippen LogP contribution is -2.49. The standard InChI is InChI=1S/C24H41N7O/c1-5-25-23(28-19-24(10-7-8-11-24)22(32)29(3)4)27-18-20-9-12-26-21(17-20)31-15-13-30(6-2)14-16-31/h9,12,17H,5-8,10-11,13-16,18-19H2,1-4H3,(H2,25,27,28). The number of rotatable bonds is 8. The number of pyridine rings is 1. The number of carbonyl (C=O) groups excluding carboxylic acids is 1. The van der Waals surface area contributed by atoms with Crippen molar-refractivity contribution in [1.29, 1.82) is 0 Å². The van der Waals surface area contributed by atoms with E-state index < -0.39 is 0 Å². The van der Waals surface area contributed by atoms with E-state index in [2.05, 4.69) is 45.3 Å². The first-order chi connectivity index (χ1) is 15.5. The molecule has 178 valence electrons. The van der Waals surface area contributed by atoms with Gasteiger partial charge in [0.15, 0.2) is 5.96 Å². The number of likely N-dealkylation sites (N-methyl/N-ethyl adjacent to an activating group) is 1. The molecular weight excluding hydrogens is 402 g/mol. The van der Waals surface area contributed by atoms with Crippen LogP contribution in [0.5, 0.6) is 0 Å². The summed E-state index contributed by atoms with van der Waals surface area (Å²) in [5.74, 6) is 2.02. The zero-order valence-electron chi connectivity index (χ0n) is 20.4. The molecule has 0 unspecified atom stereocenters. The smallest absolute Gasteiger partial charge is 0.230 e. The third kappa shape index (κ3) is 6.12. The van der Waals surface area contributed by atoms with Crippen molar-refractivity contribution in [2.45, 2.75) is 46.1 Å². The normalized spacial score (nSPS) is 19.1. The number of piperazine rings is 1. The highest BCUT2D eigenvalue weighted by Crippen LogP contribution is 2.38. The highest BCUT2D eigenvalue weighted by molar-refractivity contribution is 5.85. The van der Waals surface area contributed by atoms with Crippen LogP contribution in [0.25, 0.3) is 0 Å². The Morgan fingerprint density at radius 1 is 1.16 bits per heavy atom. The summed E-state index contributed by atoms with van der Waals surface area (Å²) in [7, 11) is 3.70. The molecule has 1 aromatic heterocycles. The number of aromatic nitrogens is 1. The first kappa shape index (κ1) is 24.3. The lowest BCUT2D eigenvalue weighted by atomic mass is 9.84. The van der Waals surface area contributed by atoms with Gasteiger partial charge in [-0.1, -0.05) is 19.8 Å². The van der Waals surface area contributed by atoms with Crippen LogP contribution in [-0.2, 0) is 11.3 Å². The van der Waals surface area contributed by atoms with Gasteiger partial charge in [0.2, 0.25) is 5.91 Å². The summed E-state index contributed by atoms with van der Waals surface area (Å²) in [5.41, 5.74) is 0.828. The first-order valence-electron chi connectivity index (χ1n) is 12.1. The molecule has 1 aliphatic heterocycles. The Morgan fingerprint density at radius 2 is 1.88 bits per heavy atom. The second-order valence-electron chi connectivity index (χ2n) is 9.18. The number of nitrogens with one attached hydrogen (secondary N) is 2. The molecule has 32 heavy (non-hydrogen) atoms. The van der Waals surface area contributed by atoms with E-state index in [1.54, 1.807) is 4.90 Å². The highest BCUT2D eigenvalue weighted by atomic mass is 16.2. The largest absolute Gasteiger partial charge is 0.357 e. The highest BCUT2D eigenvalue weighted by Gasteiger charge is 2.42. The monoisotopic (exact) mass is 443 g/mol. The lowest BCUT2D eigenvalue weighted by Gasteiger charge is -2.34. The fourth-order valence-corrected chi connectivity index (χ4v) is 4.78. The number of carbonyl (C=O) groups is 1. The summed E-state index contributed by atoms with van der Waals surface area (Å²) in [6, 6.07) is 4.19. The van der Waals surface area contributed by atoms with E-state index >= 15 is 0 Å². The SMILES string of the molecule is CCNC(=NCc1ccnc(N2CCN(CC)CC2)c1)NCC1(C(=O)N(C)C)CCCC1. The maximum atomic E-state index is 12.9. The summed E-state index contributed by atoms with van der Waals surface area (Å²) >= 11 is 0. The molecular formula is C24H41N7O. The Kier molecular flexibility index (Phi) is 8.73. The Balaban J connectivity index is 1.63. The third-order valence-corrected chi connectivity index (χ3v) is 6.73. The molecule has 8 heteroatoms. The molecule has 1 aliphatic carbocycles. The predicted molar refractivity (Wildman–Crippen MR) is 131 cm³/mol. The summed E-state index contributed by atoms with van der Waals surface area (Å²) < 4.78 is 0. The molecule has 1 amide bonds. The van der Waals surface area contributed by atoms with Crippen LogP contribution in [0.2, 0.25) is 0 Å². The molecule has 3 rings (SSSR count). The first-order valence-corrected chi connectivity index (χ1v) is 12.1. The summed E-state index contributed by atoms with van der Waals surface area (Å²) in [6.07, 6.45) is 5.99. The Morgan fingerprint density at radius 3 is 2.50 bits per heavy atom. The van der Waals surface area contributed by atoms with Gasteiger partial charge < -0.3 is 25.3 Å². The van der Waals surface area contributed by atoms with E-state index in [0.717, 1.165) is 82.3 Å². The number of nitrogens with zero attached hydrogens (tertiary/aromatic N) is 5. The van der Waals surface area contributed by atoms with Gasteiger partial charge in [-0.05, 0) is 44.0 Å². The number of hydrogen-bond acceptors (Lipinski definition) is 5. The van der Waals surface area contributed by atoms with Crippen LogP contribution in [0.15, 0.2) is 23.3 Å². The van der Waals surface area contributed by atoms with Crippen molar-refractivity contribution in [2.75, 3.05) is 64.8 Å². The molecule has 0 aromatic carbocycles. The Labute approximate surface area is 193 Å². The van der Waals surface area contributed by atoms with Crippen molar-refractivity contribution < 1.29 is 4.79 Å². The van der Waals surface area contributed by atoms with Crippen LogP contribution in [0.4, 0.5) is 5.82 Å². The molecule has 0 radical (unpaired) electrons. The van der Waals surface area contributed by atoms with Gasteiger partial charge in [-0.25, -0.2) is 9.98 Å². The van der Waals surface area contributed by atoms with Crippen molar-refractivity contribution in [1.82, 2.24) is 25.4 Å². The van der Waals surface area contributed by atoms with E-state index in [1.807, 2.05) is 26.4 Å². The molecule has 0 spiro atoms. The molecule has 2 N–H and O–H groups in total. The van der Waals surface area contributed by atoms with E-state index in [4.69, 9.17) is 4.99 Å². The van der Waals surface area contributed by atoms with Crippen LogP contribution < -0.4 is 15.5 Å². The topological polar surface area (TPSA) is 76.1 Å². The van der Waals surface area contributed by atoms with Gasteiger partial charge in [0.1, 0.15) is 5.82 Å². The molecule has 8 nitrogen and oxygen atoms in total. The third-order valence-electron chi connectivity index (χ3n) is 6.73. The second-order valence-corrected chi connectivity index (χ2v) is 9.18. The fourth-order valence-electron chi connectivity index (χ4n) is 4.78. The lowest BCUT2D eigenvalue weighted by molar-refractivity contribution is -0.138. The number of aliphatic imine (C=N–C) groups is 1. The average molecular weight is 444 g/mol. The van der Waals surface area contributed by atoms with Gasteiger partial charge in [-0.15, -0.1) is 0 Å². The van der Waals surface area contributed by atoms with Gasteiger partial charge in [-0.3, -0.25) is 4.79 Å². The molecule has 1 saturated heterocycles. The summed E-state index contributed by atoms with van der Waals surface area (Å²) in [4.78, 5) is 28.8. The predicted octanol–water partition coefficient (Wildman–Crippen LogP) is 1.93. The molecule has 1 saturated carbocycles. The van der Waals surface area contributed by atoms with Crippen molar-refractivity contribution in [3.05, 3.63) is 23.9 Å². The zero-order valence-corrected chi connectivity index (χ0v) is 20.4. The number of amides is 1. The van der Waals surface area contributed by atoms with Gasteiger partial charge in [0.05, 0.1) is 12.0 Å². The van der Waals surface area contributed by atoms with E-state index in [9.17, 15) is 4.79 Å². The molecule has 2 heterocycles. The quantitative estimate of drug-likeness (QED) is 0.472.